The number of furan rings is 1. The smallest absolute Gasteiger partial charge is 0.210 e. The number of fused-ring (bicyclic) bond motifs is 6. The Morgan fingerprint density at radius 3 is 2.02 bits per heavy atom. The quantitative estimate of drug-likeness (QED) is 0.125. The predicted octanol–water partition coefficient (Wildman–Crippen LogP) is 9.56. The van der Waals surface area contributed by atoms with Crippen molar-refractivity contribution in [2.24, 2.45) is 11.8 Å². The summed E-state index contributed by atoms with van der Waals surface area (Å²) in [6, 6.07) is 39.9. The van der Waals surface area contributed by atoms with Gasteiger partial charge in [0.1, 0.15) is 11.2 Å². The number of allylic oxidation sites excluding steroid dienone is 4. The van der Waals surface area contributed by atoms with Crippen molar-refractivity contribution in [1.29, 1.82) is 0 Å². The minimum Gasteiger partial charge on any atom is -0.455 e. The Balaban J connectivity index is 1.41. The van der Waals surface area contributed by atoms with E-state index in [9.17, 15) is 9.59 Å². The van der Waals surface area contributed by atoms with Crippen LogP contribution in [-0.4, -0.2) is 11.6 Å². The van der Waals surface area contributed by atoms with Crippen LogP contribution in [0, 0.1) is 11.8 Å². The maximum absolute atomic E-state index is 13.2. The first-order valence-corrected chi connectivity index (χ1v) is 14.6. The summed E-state index contributed by atoms with van der Waals surface area (Å²) in [5.41, 5.74) is 7.99. The van der Waals surface area contributed by atoms with E-state index in [0.717, 1.165) is 76.9 Å². The van der Waals surface area contributed by atoms with Crippen molar-refractivity contribution in [2.45, 2.75) is 0 Å². The second-order valence-corrected chi connectivity index (χ2v) is 11.4. The molecule has 0 fully saturated rings. The maximum atomic E-state index is 13.2. The van der Waals surface area contributed by atoms with E-state index in [2.05, 4.69) is 91.0 Å². The van der Waals surface area contributed by atoms with Gasteiger partial charge in [0.25, 0.3) is 0 Å². The molecule has 1 heterocycles. The van der Waals surface area contributed by atoms with Crippen LogP contribution in [0.2, 0.25) is 0 Å². The highest BCUT2D eigenvalue weighted by molar-refractivity contribution is 6.44. The molecule has 2 bridgehead atoms. The molecule has 2 unspecified atom stereocenters. The van der Waals surface area contributed by atoms with Gasteiger partial charge in [0.05, 0.1) is 11.8 Å². The van der Waals surface area contributed by atoms with Crippen LogP contribution < -0.4 is 0 Å². The summed E-state index contributed by atoms with van der Waals surface area (Å²) in [4.78, 5) is 25.9. The molecule has 1 aromatic heterocycles. The molecular formula is C40H24O3. The van der Waals surface area contributed by atoms with Crippen LogP contribution >= 0.6 is 0 Å². The Morgan fingerprint density at radius 2 is 1.21 bits per heavy atom. The molecule has 2 atom stereocenters. The molecule has 3 nitrogen and oxygen atoms in total. The lowest BCUT2D eigenvalue weighted by Gasteiger charge is -2.30. The highest BCUT2D eigenvalue weighted by Crippen LogP contribution is 2.48. The summed E-state index contributed by atoms with van der Waals surface area (Å²) in [5, 5.41) is 6.52. The average Bonchev–Trinajstić information content (AvgIpc) is 3.45. The normalized spacial score (nSPS) is 17.9. The largest absolute Gasteiger partial charge is 0.455 e. The van der Waals surface area contributed by atoms with Crippen LogP contribution in [0.5, 0.6) is 0 Å². The number of ketones is 2. The van der Waals surface area contributed by atoms with E-state index < -0.39 is 11.8 Å². The molecular weight excluding hydrogens is 528 g/mol. The fourth-order valence-corrected chi connectivity index (χ4v) is 7.18. The van der Waals surface area contributed by atoms with Crippen molar-refractivity contribution in [3.63, 3.8) is 0 Å². The first kappa shape index (κ1) is 24.1. The zero-order valence-electron chi connectivity index (χ0n) is 23.1. The number of carbonyl (C=O) groups is 2. The molecule has 3 aliphatic carbocycles. The van der Waals surface area contributed by atoms with Crippen LogP contribution in [0.15, 0.2) is 138 Å². The fourth-order valence-electron chi connectivity index (χ4n) is 7.18. The molecule has 43 heavy (non-hydrogen) atoms. The fraction of sp³-hybridized carbons (Fsp3) is 0.0500. The van der Waals surface area contributed by atoms with Gasteiger partial charge in [0.2, 0.25) is 11.6 Å². The third-order valence-electron chi connectivity index (χ3n) is 9.12. The first-order chi connectivity index (χ1) is 21.2. The molecule has 0 amide bonds. The van der Waals surface area contributed by atoms with Crippen molar-refractivity contribution in [3.05, 3.63) is 139 Å². The first-order valence-electron chi connectivity index (χ1n) is 14.6. The molecule has 0 saturated heterocycles. The highest BCUT2D eigenvalue weighted by Gasteiger charge is 2.40. The van der Waals surface area contributed by atoms with Gasteiger partial charge in [-0.25, -0.2) is 0 Å². The van der Waals surface area contributed by atoms with Crippen molar-refractivity contribution in [3.8, 4) is 22.3 Å². The lowest BCUT2D eigenvalue weighted by Crippen LogP contribution is -2.36. The van der Waals surface area contributed by atoms with Gasteiger partial charge in [0, 0.05) is 16.3 Å². The summed E-state index contributed by atoms with van der Waals surface area (Å²) in [6.07, 6.45) is 5.78. The molecule has 3 heteroatoms. The van der Waals surface area contributed by atoms with Crippen molar-refractivity contribution >= 4 is 60.6 Å². The van der Waals surface area contributed by atoms with E-state index in [4.69, 9.17) is 4.42 Å². The Morgan fingerprint density at radius 1 is 0.512 bits per heavy atom. The van der Waals surface area contributed by atoms with Crippen molar-refractivity contribution in [2.75, 3.05) is 0 Å². The Kier molecular flexibility index (Phi) is 5.03. The lowest BCUT2D eigenvalue weighted by atomic mass is 9.70. The van der Waals surface area contributed by atoms with Crippen molar-refractivity contribution < 1.29 is 14.0 Å². The van der Waals surface area contributed by atoms with Gasteiger partial charge in [-0.1, -0.05) is 121 Å². The summed E-state index contributed by atoms with van der Waals surface area (Å²) >= 11 is 0. The Bertz CT molecular complexity index is 2390. The minimum atomic E-state index is -0.575. The van der Waals surface area contributed by atoms with Crippen LogP contribution in [0.1, 0.15) is 5.56 Å². The van der Waals surface area contributed by atoms with Gasteiger partial charge >= 0.3 is 0 Å². The van der Waals surface area contributed by atoms with Crippen molar-refractivity contribution in [1.82, 2.24) is 0 Å². The lowest BCUT2D eigenvalue weighted by molar-refractivity contribution is -0.139. The number of hydrogen-bond acceptors (Lipinski definition) is 3. The summed E-state index contributed by atoms with van der Waals surface area (Å²) in [7, 11) is 0. The summed E-state index contributed by atoms with van der Waals surface area (Å²) in [6.45, 7) is 0. The molecule has 0 N–H and O–H groups in total. The molecule has 202 valence electrons. The van der Waals surface area contributed by atoms with E-state index in [1.165, 1.54) is 0 Å². The zero-order valence-corrected chi connectivity index (χ0v) is 23.1. The van der Waals surface area contributed by atoms with E-state index in [1.807, 2.05) is 42.5 Å². The van der Waals surface area contributed by atoms with Gasteiger partial charge < -0.3 is 4.42 Å². The molecule has 0 saturated carbocycles. The number of hydrogen-bond donors (Lipinski definition) is 0. The molecule has 3 aliphatic rings. The van der Waals surface area contributed by atoms with Gasteiger partial charge in [-0.2, -0.15) is 0 Å². The maximum Gasteiger partial charge on any atom is 0.210 e. The van der Waals surface area contributed by atoms with Gasteiger partial charge in [0.15, 0.2) is 0 Å². The number of rotatable bonds is 3. The standard InChI is InChI=1S/C40H24O3/c41-38-25-18-20-31(39(38)42)34(22-25)37-29-13-5-4-12-28(29)36(23-9-2-1-3-10-23)30-19-17-24(21-33(30)37)26-14-8-15-32-27-11-6-7-16-35(27)43-40(26)32/h1-22,25,31H. The summed E-state index contributed by atoms with van der Waals surface area (Å²) < 4.78 is 6.42. The van der Waals surface area contributed by atoms with Crippen LogP contribution in [0.4, 0.5) is 0 Å². The van der Waals surface area contributed by atoms with Crippen LogP contribution in [0.25, 0.3) is 71.3 Å². The Hall–Kier alpha value is -5.54. The number of para-hydroxylation sites is 2. The molecule has 0 aliphatic heterocycles. The SMILES string of the molecule is O=C1C(=O)C2C=CC1C=C2c1c2ccccc2c(-c2ccccc2)c2ccc(-c3cccc4c3oc3ccccc34)cc12. The van der Waals surface area contributed by atoms with Crippen LogP contribution in [0.3, 0.4) is 0 Å². The number of carbonyl (C=O) groups excluding carboxylic acids is 2. The second-order valence-electron chi connectivity index (χ2n) is 11.4. The van der Waals surface area contributed by atoms with E-state index in [-0.39, 0.29) is 11.6 Å². The molecule has 7 aromatic rings. The molecule has 0 spiro atoms. The second kappa shape index (κ2) is 8.98. The highest BCUT2D eigenvalue weighted by atomic mass is 16.3. The molecule has 0 radical (unpaired) electrons. The zero-order chi connectivity index (χ0) is 28.7. The van der Waals surface area contributed by atoms with Gasteiger partial charge in [-0.15, -0.1) is 0 Å². The van der Waals surface area contributed by atoms with E-state index in [0.29, 0.717) is 0 Å². The third kappa shape index (κ3) is 3.42. The summed E-state index contributed by atoms with van der Waals surface area (Å²) in [5.74, 6) is -1.72. The average molecular weight is 553 g/mol. The number of benzene rings is 6. The number of Topliss-reactive ketones (excluding diaryl/α,β-unsaturated/α-hetero) is 2. The topological polar surface area (TPSA) is 47.3 Å². The monoisotopic (exact) mass is 552 g/mol. The molecule has 6 aromatic carbocycles. The predicted molar refractivity (Wildman–Crippen MR) is 174 cm³/mol. The third-order valence-corrected chi connectivity index (χ3v) is 9.12. The molecule has 10 rings (SSSR count). The van der Waals surface area contributed by atoms with E-state index >= 15 is 0 Å². The van der Waals surface area contributed by atoms with Crippen LogP contribution in [-0.2, 0) is 9.59 Å². The Labute approximate surface area is 247 Å². The van der Waals surface area contributed by atoms with E-state index in [1.54, 1.807) is 0 Å². The van der Waals surface area contributed by atoms with Gasteiger partial charge in [-0.3, -0.25) is 9.59 Å². The van der Waals surface area contributed by atoms with Gasteiger partial charge in [-0.05, 0) is 61.5 Å². The minimum absolute atomic E-state index is 0.317.